The average molecular weight is 516 g/mol. The Morgan fingerprint density at radius 2 is 1.45 bits per heavy atom. The van der Waals surface area contributed by atoms with Crippen LogP contribution in [0.1, 0.15) is 33.4 Å². The summed E-state index contributed by atoms with van der Waals surface area (Å²) in [5.41, 5.74) is 3.17. The molecule has 2 atom stereocenters. The minimum absolute atomic E-state index is 0.0104. The van der Waals surface area contributed by atoms with Crippen molar-refractivity contribution < 1.29 is 23.8 Å². The van der Waals surface area contributed by atoms with Crippen LogP contribution in [0.2, 0.25) is 0 Å². The summed E-state index contributed by atoms with van der Waals surface area (Å²) in [6, 6.07) is 20.5. The van der Waals surface area contributed by atoms with Gasteiger partial charge in [0.1, 0.15) is 5.75 Å². The lowest BCUT2D eigenvalue weighted by Gasteiger charge is -2.43. The highest BCUT2D eigenvalue weighted by Gasteiger charge is 2.44. The Morgan fingerprint density at radius 1 is 0.789 bits per heavy atom. The first-order chi connectivity index (χ1) is 18.5. The molecule has 0 aromatic heterocycles. The van der Waals surface area contributed by atoms with Crippen LogP contribution in [-0.2, 0) is 4.79 Å². The number of methoxy groups -OCH3 is 3. The molecule has 2 aliphatic rings. The topological polar surface area (TPSA) is 71.6 Å². The molecule has 0 unspecified atom stereocenters. The molecule has 3 aromatic rings. The van der Waals surface area contributed by atoms with E-state index in [0.29, 0.717) is 43.2 Å². The van der Waals surface area contributed by atoms with E-state index in [1.165, 1.54) is 0 Å². The highest BCUT2D eigenvalue weighted by molar-refractivity contribution is 6.01. The van der Waals surface area contributed by atoms with Gasteiger partial charge < -0.3 is 28.9 Å². The van der Waals surface area contributed by atoms with Gasteiger partial charge in [0.05, 0.1) is 39.0 Å². The molecule has 8 heteroatoms. The number of carbonyl (C=O) groups is 2. The van der Waals surface area contributed by atoms with Crippen molar-refractivity contribution in [2.45, 2.75) is 12.0 Å². The highest BCUT2D eigenvalue weighted by Crippen LogP contribution is 2.45. The summed E-state index contributed by atoms with van der Waals surface area (Å²) in [4.78, 5) is 33.5. The van der Waals surface area contributed by atoms with E-state index in [1.54, 1.807) is 39.3 Å². The van der Waals surface area contributed by atoms with Gasteiger partial charge in [-0.25, -0.2) is 0 Å². The van der Waals surface area contributed by atoms with E-state index >= 15 is 0 Å². The van der Waals surface area contributed by atoms with Crippen LogP contribution in [0.25, 0.3) is 0 Å². The Balaban J connectivity index is 1.48. The number of likely N-dealkylation sites (N-methyl/N-ethyl adjacent to an activating group) is 1. The molecule has 1 saturated heterocycles. The summed E-state index contributed by atoms with van der Waals surface area (Å²) < 4.78 is 16.5. The molecule has 38 heavy (non-hydrogen) atoms. The number of amides is 2. The summed E-state index contributed by atoms with van der Waals surface area (Å²) in [6.07, 6.45) is 0. The third-order valence-electron chi connectivity index (χ3n) is 7.61. The fourth-order valence-corrected chi connectivity index (χ4v) is 5.65. The van der Waals surface area contributed by atoms with Crippen LogP contribution in [0, 0.1) is 0 Å². The van der Waals surface area contributed by atoms with E-state index in [-0.39, 0.29) is 11.8 Å². The number of para-hydroxylation sites is 2. The number of piperazine rings is 1. The van der Waals surface area contributed by atoms with Gasteiger partial charge in [0.15, 0.2) is 11.5 Å². The van der Waals surface area contributed by atoms with Gasteiger partial charge in [0, 0.05) is 38.8 Å². The van der Waals surface area contributed by atoms with Crippen LogP contribution in [0.15, 0.2) is 66.7 Å². The monoisotopic (exact) mass is 515 g/mol. The van der Waals surface area contributed by atoms with Crippen LogP contribution in [0.4, 0.5) is 5.69 Å². The molecule has 0 aliphatic carbocycles. The maximum Gasteiger partial charge on any atom is 0.254 e. The molecule has 0 bridgehead atoms. The molecule has 0 spiro atoms. The SMILES string of the molecule is COc1ccc([C@@H]2[C@H](C(=O)N3CCN(c4ccccc4OC)CC3)c3ccccc3C(=O)N2C)cc1OC. The van der Waals surface area contributed by atoms with Crippen LogP contribution < -0.4 is 19.1 Å². The Bertz CT molecular complexity index is 1330. The second-order valence-electron chi connectivity index (χ2n) is 9.52. The maximum absolute atomic E-state index is 14.3. The normalized spacial score (nSPS) is 19.2. The van der Waals surface area contributed by atoms with Gasteiger partial charge in [-0.15, -0.1) is 0 Å². The van der Waals surface area contributed by atoms with Crippen molar-refractivity contribution in [2.75, 3.05) is 59.5 Å². The lowest BCUT2D eigenvalue weighted by Crippen LogP contribution is -2.53. The van der Waals surface area contributed by atoms with Gasteiger partial charge in [-0.3, -0.25) is 9.59 Å². The summed E-state index contributed by atoms with van der Waals surface area (Å²) >= 11 is 0. The summed E-state index contributed by atoms with van der Waals surface area (Å²) in [5.74, 6) is 1.33. The van der Waals surface area contributed by atoms with E-state index in [4.69, 9.17) is 14.2 Å². The molecule has 2 aliphatic heterocycles. The number of rotatable bonds is 6. The molecule has 198 valence electrons. The van der Waals surface area contributed by atoms with Crippen LogP contribution in [-0.4, -0.2) is 76.2 Å². The molecule has 0 saturated carbocycles. The van der Waals surface area contributed by atoms with E-state index in [0.717, 1.165) is 22.6 Å². The maximum atomic E-state index is 14.3. The number of fused-ring (bicyclic) bond motifs is 1. The number of anilines is 1. The van der Waals surface area contributed by atoms with Crippen molar-refractivity contribution in [1.82, 2.24) is 9.80 Å². The summed E-state index contributed by atoms with van der Waals surface area (Å²) in [6.45, 7) is 2.53. The first-order valence-corrected chi connectivity index (χ1v) is 12.7. The molecule has 0 N–H and O–H groups in total. The van der Waals surface area contributed by atoms with Gasteiger partial charge in [0.2, 0.25) is 5.91 Å². The molecule has 2 amide bonds. The molecule has 5 rings (SSSR count). The van der Waals surface area contributed by atoms with E-state index in [2.05, 4.69) is 4.90 Å². The number of hydrogen-bond donors (Lipinski definition) is 0. The number of nitrogens with zero attached hydrogens (tertiary/aromatic N) is 3. The second kappa shape index (κ2) is 10.7. The third-order valence-corrected chi connectivity index (χ3v) is 7.61. The van der Waals surface area contributed by atoms with E-state index in [1.807, 2.05) is 65.6 Å². The Labute approximate surface area is 223 Å². The van der Waals surface area contributed by atoms with Crippen LogP contribution in [0.3, 0.4) is 0 Å². The fraction of sp³-hybridized carbons (Fsp3) is 0.333. The van der Waals surface area contributed by atoms with Crippen LogP contribution >= 0.6 is 0 Å². The van der Waals surface area contributed by atoms with Crippen molar-refractivity contribution in [2.24, 2.45) is 0 Å². The Morgan fingerprint density at radius 3 is 2.16 bits per heavy atom. The summed E-state index contributed by atoms with van der Waals surface area (Å²) in [7, 11) is 6.60. The minimum Gasteiger partial charge on any atom is -0.495 e. The molecule has 8 nitrogen and oxygen atoms in total. The highest BCUT2D eigenvalue weighted by atomic mass is 16.5. The van der Waals surface area contributed by atoms with Gasteiger partial charge in [-0.1, -0.05) is 36.4 Å². The lowest BCUT2D eigenvalue weighted by molar-refractivity contribution is -0.134. The predicted molar refractivity (Wildman–Crippen MR) is 145 cm³/mol. The quantitative estimate of drug-likeness (QED) is 0.495. The van der Waals surface area contributed by atoms with Gasteiger partial charge in [-0.05, 0) is 41.5 Å². The molecule has 0 radical (unpaired) electrons. The smallest absolute Gasteiger partial charge is 0.254 e. The third kappa shape index (κ3) is 4.40. The molecule has 3 aromatic carbocycles. The Hall–Kier alpha value is -4.20. The van der Waals surface area contributed by atoms with Gasteiger partial charge in [-0.2, -0.15) is 0 Å². The number of benzene rings is 3. The average Bonchev–Trinajstić information content (AvgIpc) is 2.98. The second-order valence-corrected chi connectivity index (χ2v) is 9.52. The van der Waals surface area contributed by atoms with Crippen molar-refractivity contribution >= 4 is 17.5 Å². The fourth-order valence-electron chi connectivity index (χ4n) is 5.65. The van der Waals surface area contributed by atoms with Gasteiger partial charge >= 0.3 is 0 Å². The zero-order valence-corrected chi connectivity index (χ0v) is 22.2. The van der Waals surface area contributed by atoms with Crippen molar-refractivity contribution in [3.8, 4) is 17.2 Å². The zero-order chi connectivity index (χ0) is 26.8. The summed E-state index contributed by atoms with van der Waals surface area (Å²) in [5, 5.41) is 0. The minimum atomic E-state index is -0.551. The number of hydrogen-bond acceptors (Lipinski definition) is 6. The standard InChI is InChI=1S/C30H33N3O5/c1-31-28(20-13-14-25(37-3)26(19-20)38-4)27(21-9-5-6-10-22(21)29(31)34)30(35)33-17-15-32(16-18-33)23-11-7-8-12-24(23)36-2/h5-14,19,27-28H,15-18H2,1-4H3/t27-,28-/m1/s1. The van der Waals surface area contributed by atoms with Crippen molar-refractivity contribution in [1.29, 1.82) is 0 Å². The van der Waals surface area contributed by atoms with E-state index in [9.17, 15) is 9.59 Å². The number of ether oxygens (including phenoxy) is 3. The van der Waals surface area contributed by atoms with E-state index < -0.39 is 12.0 Å². The Kier molecular flexibility index (Phi) is 7.13. The van der Waals surface area contributed by atoms with Crippen molar-refractivity contribution in [3.63, 3.8) is 0 Å². The zero-order valence-electron chi connectivity index (χ0n) is 22.2. The number of carbonyl (C=O) groups excluding carboxylic acids is 2. The molecule has 2 heterocycles. The molecule has 1 fully saturated rings. The first kappa shape index (κ1) is 25.4. The van der Waals surface area contributed by atoms with Gasteiger partial charge in [0.25, 0.3) is 5.91 Å². The lowest BCUT2D eigenvalue weighted by atomic mass is 9.79. The first-order valence-electron chi connectivity index (χ1n) is 12.7. The largest absolute Gasteiger partial charge is 0.495 e. The molecular formula is C30H33N3O5. The molecular weight excluding hydrogens is 482 g/mol. The predicted octanol–water partition coefficient (Wildman–Crippen LogP) is 3.97. The van der Waals surface area contributed by atoms with Crippen molar-refractivity contribution in [3.05, 3.63) is 83.4 Å². The van der Waals surface area contributed by atoms with Crippen LogP contribution in [0.5, 0.6) is 17.2 Å².